The van der Waals surface area contributed by atoms with Crippen molar-refractivity contribution in [2.45, 2.75) is 45.2 Å². The van der Waals surface area contributed by atoms with E-state index in [9.17, 15) is 19.5 Å². The Balaban J connectivity index is 1.56. The summed E-state index contributed by atoms with van der Waals surface area (Å²) in [6, 6.07) is 8.63. The second-order valence-electron chi connectivity index (χ2n) is 8.30. The van der Waals surface area contributed by atoms with Crippen LogP contribution in [-0.4, -0.2) is 33.8 Å². The average molecular weight is 520 g/mol. The van der Waals surface area contributed by atoms with E-state index < -0.39 is 11.8 Å². The van der Waals surface area contributed by atoms with Gasteiger partial charge in [0.1, 0.15) is 10.0 Å². The topological polar surface area (TPSA) is 113 Å². The molecule has 1 aliphatic rings. The molecule has 1 saturated carbocycles. The van der Waals surface area contributed by atoms with E-state index in [1.165, 1.54) is 6.07 Å². The Kier molecular flexibility index (Phi) is 7.02. The Bertz CT molecular complexity index is 1280. The van der Waals surface area contributed by atoms with Crippen LogP contribution in [0, 0.1) is 0 Å². The highest BCUT2D eigenvalue weighted by Crippen LogP contribution is 2.46. The predicted octanol–water partition coefficient (Wildman–Crippen LogP) is 5.56. The Morgan fingerprint density at radius 1 is 1.18 bits per heavy atom. The maximum Gasteiger partial charge on any atom is 0.256 e. The first-order valence-corrected chi connectivity index (χ1v) is 12.4. The van der Waals surface area contributed by atoms with Crippen molar-refractivity contribution in [3.05, 3.63) is 57.1 Å². The second-order valence-corrected chi connectivity index (χ2v) is 10.1. The van der Waals surface area contributed by atoms with Gasteiger partial charge in [-0.15, -0.1) is 11.3 Å². The molecule has 0 spiro atoms. The number of phenolic OH excluding ortho intramolecular Hbond substituents is 1. The molecule has 0 saturated heterocycles. The third kappa shape index (κ3) is 4.71. The van der Waals surface area contributed by atoms with Gasteiger partial charge >= 0.3 is 0 Å². The van der Waals surface area contributed by atoms with Crippen LogP contribution < -0.4 is 11.1 Å². The molecule has 0 bridgehead atoms. The first-order chi connectivity index (χ1) is 16.2. The van der Waals surface area contributed by atoms with Gasteiger partial charge in [0, 0.05) is 30.5 Å². The maximum atomic E-state index is 12.9. The molecule has 4 rings (SSSR count). The Morgan fingerprint density at radius 2 is 1.82 bits per heavy atom. The highest BCUT2D eigenvalue weighted by atomic mass is 35.5. The summed E-state index contributed by atoms with van der Waals surface area (Å²) in [6.45, 7) is 2.08. The summed E-state index contributed by atoms with van der Waals surface area (Å²) >= 11 is 13.2. The van der Waals surface area contributed by atoms with Crippen LogP contribution in [-0.2, 0) is 11.3 Å². The van der Waals surface area contributed by atoms with Crippen LogP contribution >= 0.6 is 34.5 Å². The number of nitrogens with two attached hydrogens (primary N) is 1. The van der Waals surface area contributed by atoms with Gasteiger partial charge in [0.15, 0.2) is 5.75 Å². The quantitative estimate of drug-likeness (QED) is 0.395. The Labute approximate surface area is 210 Å². The summed E-state index contributed by atoms with van der Waals surface area (Å²) in [4.78, 5) is 39.1. The molecule has 3 aromatic rings. The normalized spacial score (nSPS) is 13.9. The molecule has 34 heavy (non-hydrogen) atoms. The number of benzene rings is 2. The fourth-order valence-electron chi connectivity index (χ4n) is 4.33. The zero-order chi connectivity index (χ0) is 24.6. The highest BCUT2D eigenvalue weighted by molar-refractivity contribution is 7.24. The molecule has 7 nitrogen and oxygen atoms in total. The van der Waals surface area contributed by atoms with E-state index in [2.05, 4.69) is 5.32 Å². The minimum Gasteiger partial charge on any atom is -0.505 e. The van der Waals surface area contributed by atoms with E-state index in [1.54, 1.807) is 19.1 Å². The molecule has 2 aromatic carbocycles. The Hall–Kier alpha value is -2.81. The lowest BCUT2D eigenvalue weighted by Gasteiger charge is -2.28. The van der Waals surface area contributed by atoms with Crippen LogP contribution in [0.1, 0.15) is 58.9 Å². The van der Waals surface area contributed by atoms with Crippen LogP contribution in [0.4, 0.5) is 5.00 Å². The standard InChI is InChI=1S/C24H23Cl2N3O4S/c1-12(30)29(15-4-2-3-5-15)11-13-6-8-14(9-7-13)23(33)28-24-18(22(27)32)16-10-17(25)20(31)19(26)21(16)34-24/h6-10,15,31H,2-5,11H2,1H3,(H2,27,32)(H,28,33). The van der Waals surface area contributed by atoms with Crippen molar-refractivity contribution < 1.29 is 19.5 Å². The molecule has 3 amide bonds. The number of anilines is 1. The first kappa shape index (κ1) is 24.3. The van der Waals surface area contributed by atoms with Crippen LogP contribution in [0.5, 0.6) is 5.75 Å². The van der Waals surface area contributed by atoms with Crippen molar-refractivity contribution in [2.24, 2.45) is 5.73 Å². The summed E-state index contributed by atoms with van der Waals surface area (Å²) in [5.41, 5.74) is 6.93. The van der Waals surface area contributed by atoms with Gasteiger partial charge in [-0.1, -0.05) is 48.2 Å². The number of thiophene rings is 1. The number of carbonyl (C=O) groups excluding carboxylic acids is 3. The lowest BCUT2D eigenvalue weighted by Crippen LogP contribution is -2.36. The number of nitrogens with one attached hydrogen (secondary N) is 1. The van der Waals surface area contributed by atoms with Gasteiger partial charge in [0.2, 0.25) is 5.91 Å². The second kappa shape index (κ2) is 9.82. The average Bonchev–Trinajstić information content (AvgIpc) is 3.44. The van der Waals surface area contributed by atoms with E-state index in [4.69, 9.17) is 28.9 Å². The van der Waals surface area contributed by atoms with Crippen molar-refractivity contribution in [3.63, 3.8) is 0 Å². The molecular formula is C24H23Cl2N3O4S. The molecular weight excluding hydrogens is 497 g/mol. The summed E-state index contributed by atoms with van der Waals surface area (Å²) < 4.78 is 0.388. The van der Waals surface area contributed by atoms with Crippen molar-refractivity contribution >= 4 is 67.3 Å². The number of fused-ring (bicyclic) bond motifs is 1. The predicted molar refractivity (Wildman–Crippen MR) is 135 cm³/mol. The zero-order valence-electron chi connectivity index (χ0n) is 18.4. The summed E-state index contributed by atoms with van der Waals surface area (Å²) in [7, 11) is 0. The van der Waals surface area contributed by atoms with Gasteiger partial charge in [-0.3, -0.25) is 14.4 Å². The van der Waals surface area contributed by atoms with E-state index in [1.807, 2.05) is 17.0 Å². The van der Waals surface area contributed by atoms with Crippen molar-refractivity contribution in [3.8, 4) is 5.75 Å². The molecule has 0 unspecified atom stereocenters. The number of amides is 3. The largest absolute Gasteiger partial charge is 0.505 e. The van der Waals surface area contributed by atoms with Gasteiger partial charge in [0.25, 0.3) is 11.8 Å². The molecule has 10 heteroatoms. The van der Waals surface area contributed by atoms with Gasteiger partial charge in [-0.05, 0) is 36.6 Å². The summed E-state index contributed by atoms with van der Waals surface area (Å²) in [5.74, 6) is -1.46. The third-order valence-electron chi connectivity index (χ3n) is 6.06. The number of hydrogen-bond donors (Lipinski definition) is 3. The van der Waals surface area contributed by atoms with Crippen LogP contribution in [0.15, 0.2) is 30.3 Å². The van der Waals surface area contributed by atoms with E-state index in [0.29, 0.717) is 22.2 Å². The molecule has 4 N–H and O–H groups in total. The zero-order valence-corrected chi connectivity index (χ0v) is 20.7. The fourth-order valence-corrected chi connectivity index (χ4v) is 6.02. The smallest absolute Gasteiger partial charge is 0.256 e. The number of carbonyl (C=O) groups is 3. The maximum absolute atomic E-state index is 12.9. The minimum atomic E-state index is -0.758. The lowest BCUT2D eigenvalue weighted by molar-refractivity contribution is -0.131. The monoisotopic (exact) mass is 519 g/mol. The summed E-state index contributed by atoms with van der Waals surface area (Å²) in [6.07, 6.45) is 4.31. The number of halogens is 2. The highest BCUT2D eigenvalue weighted by Gasteiger charge is 2.25. The third-order valence-corrected chi connectivity index (χ3v) is 7.97. The number of hydrogen-bond acceptors (Lipinski definition) is 5. The molecule has 0 aliphatic heterocycles. The minimum absolute atomic E-state index is 0.0165. The van der Waals surface area contributed by atoms with Crippen molar-refractivity contribution in [1.82, 2.24) is 4.90 Å². The van der Waals surface area contributed by atoms with Gasteiger partial charge in [-0.25, -0.2) is 0 Å². The molecule has 0 atom stereocenters. The van der Waals surface area contributed by atoms with Crippen LogP contribution in [0.25, 0.3) is 10.1 Å². The number of rotatable bonds is 6. The number of primary amides is 1. The SMILES string of the molecule is CC(=O)N(Cc1ccc(C(=O)Nc2sc3c(Cl)c(O)c(Cl)cc3c2C(N)=O)cc1)C1CCCC1. The Morgan fingerprint density at radius 3 is 2.41 bits per heavy atom. The summed E-state index contributed by atoms with van der Waals surface area (Å²) in [5, 5.41) is 13.3. The van der Waals surface area contributed by atoms with E-state index >= 15 is 0 Å². The molecule has 178 valence electrons. The van der Waals surface area contributed by atoms with Crippen LogP contribution in [0.2, 0.25) is 10.0 Å². The molecule has 1 fully saturated rings. The van der Waals surface area contributed by atoms with E-state index in [-0.39, 0.29) is 38.3 Å². The van der Waals surface area contributed by atoms with Crippen molar-refractivity contribution in [1.29, 1.82) is 0 Å². The van der Waals surface area contributed by atoms with Crippen LogP contribution in [0.3, 0.4) is 0 Å². The number of nitrogens with zero attached hydrogens (tertiary/aromatic N) is 1. The fraction of sp³-hybridized carbons (Fsp3) is 0.292. The number of aromatic hydroxyl groups is 1. The lowest BCUT2D eigenvalue weighted by atomic mass is 10.1. The molecule has 1 aromatic heterocycles. The van der Waals surface area contributed by atoms with Gasteiger partial charge in [-0.2, -0.15) is 0 Å². The van der Waals surface area contributed by atoms with Crippen molar-refractivity contribution in [2.75, 3.05) is 5.32 Å². The first-order valence-electron chi connectivity index (χ1n) is 10.8. The molecule has 1 aliphatic carbocycles. The van der Waals surface area contributed by atoms with Gasteiger partial charge in [0.05, 0.1) is 15.3 Å². The molecule has 0 radical (unpaired) electrons. The van der Waals surface area contributed by atoms with E-state index in [0.717, 1.165) is 42.6 Å². The van der Waals surface area contributed by atoms with Gasteiger partial charge < -0.3 is 21.1 Å². The number of phenols is 1. The molecule has 1 heterocycles.